The van der Waals surface area contributed by atoms with E-state index in [1.165, 1.54) is 0 Å². The monoisotopic (exact) mass is 218 g/mol. The van der Waals surface area contributed by atoms with Crippen molar-refractivity contribution in [2.24, 2.45) is 0 Å². The fourth-order valence-electron chi connectivity index (χ4n) is 1.00. The Morgan fingerprint density at radius 2 is 1.80 bits per heavy atom. The molecule has 7 heteroatoms. The summed E-state index contributed by atoms with van der Waals surface area (Å²) in [6, 6.07) is 1.79. The van der Waals surface area contributed by atoms with Crippen molar-refractivity contribution in [3.8, 4) is 11.5 Å². The molecule has 2 N–H and O–H groups in total. The van der Waals surface area contributed by atoms with Gasteiger partial charge in [0.2, 0.25) is 0 Å². The Balaban J connectivity index is 2.98. The molecule has 15 heavy (non-hydrogen) atoms. The molecule has 4 nitrogen and oxygen atoms in total. The molecule has 1 aromatic carbocycles. The molecule has 0 unspecified atom stereocenters. The van der Waals surface area contributed by atoms with E-state index in [0.717, 1.165) is 12.1 Å². The lowest BCUT2D eigenvalue weighted by atomic mass is 10.2. The number of hydrogen-bond donors (Lipinski definition) is 2. The molecule has 0 atom stereocenters. The van der Waals surface area contributed by atoms with Crippen LogP contribution in [0.3, 0.4) is 0 Å². The van der Waals surface area contributed by atoms with Crippen molar-refractivity contribution in [2.45, 2.75) is 6.92 Å². The molecule has 0 radical (unpaired) electrons. The van der Waals surface area contributed by atoms with E-state index < -0.39 is 24.7 Å². The molecule has 0 fully saturated rings. The van der Waals surface area contributed by atoms with E-state index >= 15 is 0 Å². The van der Waals surface area contributed by atoms with Crippen molar-refractivity contribution in [1.82, 2.24) is 0 Å². The highest BCUT2D eigenvalue weighted by molar-refractivity contribution is 6.33. The first-order valence-corrected chi connectivity index (χ1v) is 4.19. The third-order valence-electron chi connectivity index (χ3n) is 1.51. The molecule has 82 valence electrons. The Labute approximate surface area is 85.2 Å². The third kappa shape index (κ3) is 3.07. The van der Waals surface area contributed by atoms with Gasteiger partial charge >= 0.3 is 7.32 Å². The highest BCUT2D eigenvalue weighted by atomic mass is 19.1. The predicted molar refractivity (Wildman–Crippen MR) is 48.3 cm³/mol. The summed E-state index contributed by atoms with van der Waals surface area (Å²) in [4.78, 5) is 0. The predicted octanol–water partition coefficient (Wildman–Crippen LogP) is 0.712. The van der Waals surface area contributed by atoms with Crippen LogP contribution in [0.4, 0.5) is 8.78 Å². The Morgan fingerprint density at radius 3 is 2.20 bits per heavy atom. The van der Waals surface area contributed by atoms with Crippen molar-refractivity contribution in [2.75, 3.05) is 6.61 Å². The summed E-state index contributed by atoms with van der Waals surface area (Å²) < 4.78 is 35.2. The topological polar surface area (TPSA) is 58.9 Å². The average molecular weight is 218 g/mol. The maximum atomic E-state index is 13.1. The highest BCUT2D eigenvalue weighted by Crippen LogP contribution is 2.27. The van der Waals surface area contributed by atoms with E-state index in [9.17, 15) is 8.78 Å². The summed E-state index contributed by atoms with van der Waals surface area (Å²) in [5, 5.41) is 16.8. The Kier molecular flexibility index (Phi) is 3.87. The van der Waals surface area contributed by atoms with E-state index in [1.807, 2.05) is 0 Å². The standard InChI is InChI=1S/C8H9BF2O4/c1-2-14-5-3-6(10)8(7(11)4-5)15-9(12)13/h3-4,12-13H,2H2,1H3. The van der Waals surface area contributed by atoms with Gasteiger partial charge in [-0.25, -0.2) is 8.78 Å². The minimum atomic E-state index is -2.27. The van der Waals surface area contributed by atoms with Crippen LogP contribution in [0, 0.1) is 11.6 Å². The molecular weight excluding hydrogens is 209 g/mol. The van der Waals surface area contributed by atoms with Gasteiger partial charge < -0.3 is 19.4 Å². The molecule has 0 amide bonds. The van der Waals surface area contributed by atoms with E-state index in [-0.39, 0.29) is 12.4 Å². The molecule has 1 rings (SSSR count). The van der Waals surface area contributed by atoms with Gasteiger partial charge in [-0.2, -0.15) is 0 Å². The second kappa shape index (κ2) is 4.95. The van der Waals surface area contributed by atoms with Crippen LogP contribution < -0.4 is 9.39 Å². The van der Waals surface area contributed by atoms with E-state index in [4.69, 9.17) is 14.8 Å². The average Bonchev–Trinajstić information content (AvgIpc) is 2.11. The van der Waals surface area contributed by atoms with Gasteiger partial charge in [0, 0.05) is 12.1 Å². The van der Waals surface area contributed by atoms with Crippen LogP contribution in [0.1, 0.15) is 6.92 Å². The van der Waals surface area contributed by atoms with Crippen LogP contribution in [-0.2, 0) is 0 Å². The summed E-state index contributed by atoms with van der Waals surface area (Å²) in [7, 11) is -2.27. The fraction of sp³-hybridized carbons (Fsp3) is 0.250. The van der Waals surface area contributed by atoms with Crippen LogP contribution in [0.25, 0.3) is 0 Å². The first-order chi connectivity index (χ1) is 7.04. The summed E-state index contributed by atoms with van der Waals surface area (Å²) >= 11 is 0. The minimum Gasteiger partial charge on any atom is -0.508 e. The lowest BCUT2D eigenvalue weighted by Crippen LogP contribution is -2.22. The molecule has 1 aromatic rings. The smallest absolute Gasteiger partial charge is 0.508 e. The highest BCUT2D eigenvalue weighted by Gasteiger charge is 2.19. The quantitative estimate of drug-likeness (QED) is 0.730. The molecule has 0 saturated carbocycles. The van der Waals surface area contributed by atoms with Gasteiger partial charge in [0.05, 0.1) is 6.61 Å². The second-order valence-electron chi connectivity index (χ2n) is 2.59. The van der Waals surface area contributed by atoms with Crippen molar-refractivity contribution in [3.05, 3.63) is 23.8 Å². The zero-order chi connectivity index (χ0) is 11.4. The van der Waals surface area contributed by atoms with Crippen LogP contribution in [0.15, 0.2) is 12.1 Å². The SMILES string of the molecule is CCOc1cc(F)c(OB(O)O)c(F)c1. The largest absolute Gasteiger partial charge is 0.707 e. The first kappa shape index (κ1) is 11.7. The minimum absolute atomic E-state index is 0.00674. The molecule has 0 aliphatic carbocycles. The van der Waals surface area contributed by atoms with Crippen molar-refractivity contribution < 1.29 is 28.2 Å². The van der Waals surface area contributed by atoms with Crippen LogP contribution in [0.2, 0.25) is 0 Å². The number of hydrogen-bond acceptors (Lipinski definition) is 4. The van der Waals surface area contributed by atoms with Gasteiger partial charge in [0.25, 0.3) is 0 Å². The Bertz CT molecular complexity index is 322. The summed E-state index contributed by atoms with van der Waals surface area (Å²) in [6.07, 6.45) is 0. The zero-order valence-corrected chi connectivity index (χ0v) is 7.91. The molecule has 0 saturated heterocycles. The normalized spacial score (nSPS) is 9.93. The van der Waals surface area contributed by atoms with Crippen LogP contribution in [-0.4, -0.2) is 24.0 Å². The third-order valence-corrected chi connectivity index (χ3v) is 1.51. The van der Waals surface area contributed by atoms with Crippen LogP contribution in [0.5, 0.6) is 11.5 Å². The maximum absolute atomic E-state index is 13.1. The van der Waals surface area contributed by atoms with Gasteiger partial charge in [-0.1, -0.05) is 0 Å². The van der Waals surface area contributed by atoms with Crippen molar-refractivity contribution in [3.63, 3.8) is 0 Å². The number of halogens is 2. The number of ether oxygens (including phenoxy) is 1. The van der Waals surface area contributed by atoms with Gasteiger partial charge in [0.15, 0.2) is 17.4 Å². The van der Waals surface area contributed by atoms with Crippen molar-refractivity contribution >= 4 is 7.32 Å². The van der Waals surface area contributed by atoms with Gasteiger partial charge in [-0.3, -0.25) is 0 Å². The van der Waals surface area contributed by atoms with Gasteiger partial charge in [-0.15, -0.1) is 0 Å². The number of benzene rings is 1. The fourth-order valence-corrected chi connectivity index (χ4v) is 1.00. The molecule has 0 aliphatic heterocycles. The lowest BCUT2D eigenvalue weighted by molar-refractivity contribution is 0.272. The Hall–Kier alpha value is -1.34. The van der Waals surface area contributed by atoms with E-state index in [1.54, 1.807) is 6.92 Å². The number of rotatable bonds is 4. The molecular formula is C8H9BF2O4. The molecule has 0 spiro atoms. The van der Waals surface area contributed by atoms with Gasteiger partial charge in [0.1, 0.15) is 5.75 Å². The zero-order valence-electron chi connectivity index (χ0n) is 7.91. The molecule has 0 aromatic heterocycles. The van der Waals surface area contributed by atoms with Gasteiger partial charge in [-0.05, 0) is 6.92 Å². The lowest BCUT2D eigenvalue weighted by Gasteiger charge is -2.09. The second-order valence-corrected chi connectivity index (χ2v) is 2.59. The summed E-state index contributed by atoms with van der Waals surface area (Å²) in [5.74, 6) is -2.97. The molecule has 0 bridgehead atoms. The summed E-state index contributed by atoms with van der Waals surface area (Å²) in [6.45, 7) is 1.93. The van der Waals surface area contributed by atoms with E-state index in [0.29, 0.717) is 0 Å². The van der Waals surface area contributed by atoms with E-state index in [2.05, 4.69) is 4.65 Å². The van der Waals surface area contributed by atoms with Crippen molar-refractivity contribution in [1.29, 1.82) is 0 Å². The van der Waals surface area contributed by atoms with Crippen LogP contribution >= 0.6 is 0 Å². The molecule has 0 aliphatic rings. The maximum Gasteiger partial charge on any atom is 0.707 e. The molecule has 0 heterocycles. The Morgan fingerprint density at radius 1 is 1.27 bits per heavy atom. The first-order valence-electron chi connectivity index (χ1n) is 4.19. The summed E-state index contributed by atoms with van der Waals surface area (Å²) in [5.41, 5.74) is 0.